The summed E-state index contributed by atoms with van der Waals surface area (Å²) < 4.78 is 5.40. The number of aromatic nitrogens is 1. The molecule has 1 aliphatic heterocycles. The van der Waals surface area contributed by atoms with Gasteiger partial charge in [-0.2, -0.15) is 0 Å². The monoisotopic (exact) mass is 455 g/mol. The van der Waals surface area contributed by atoms with Crippen LogP contribution >= 0.6 is 22.9 Å². The summed E-state index contributed by atoms with van der Waals surface area (Å²) in [5.74, 6) is -0.975. The van der Waals surface area contributed by atoms with Crippen LogP contribution in [0.25, 0.3) is 21.3 Å². The van der Waals surface area contributed by atoms with Crippen LogP contribution in [-0.4, -0.2) is 53.6 Å². The molecule has 1 aromatic carbocycles. The first kappa shape index (κ1) is 20.4. The molecule has 0 atom stereocenters. The number of thiophene rings is 1. The molecule has 3 heterocycles. The first-order chi connectivity index (χ1) is 15.1. The topological polar surface area (TPSA) is 75.0 Å². The highest BCUT2D eigenvalue weighted by Crippen LogP contribution is 2.46. The minimum Gasteiger partial charge on any atom is -0.477 e. The minimum atomic E-state index is -0.975. The van der Waals surface area contributed by atoms with E-state index in [1.54, 1.807) is 6.34 Å². The Labute approximate surface area is 189 Å². The summed E-state index contributed by atoms with van der Waals surface area (Å²) in [5.41, 5.74) is 4.84. The lowest BCUT2D eigenvalue weighted by molar-refractivity contribution is 0.0696. The fourth-order valence-corrected chi connectivity index (χ4v) is 5.42. The summed E-state index contributed by atoms with van der Waals surface area (Å²) in [6.45, 7) is 2.78. The van der Waals surface area contributed by atoms with Crippen LogP contribution in [0.4, 0.5) is 5.69 Å². The van der Waals surface area contributed by atoms with Crippen molar-refractivity contribution in [1.82, 2.24) is 9.88 Å². The third-order valence-electron chi connectivity index (χ3n) is 5.81. The van der Waals surface area contributed by atoms with Gasteiger partial charge in [-0.25, -0.2) is 14.8 Å². The van der Waals surface area contributed by atoms with E-state index in [2.05, 4.69) is 4.90 Å². The van der Waals surface area contributed by atoms with Gasteiger partial charge in [-0.05, 0) is 54.5 Å². The Morgan fingerprint density at radius 3 is 2.68 bits per heavy atom. The zero-order chi connectivity index (χ0) is 21.4. The zero-order valence-corrected chi connectivity index (χ0v) is 18.5. The Morgan fingerprint density at radius 1 is 1.19 bits per heavy atom. The number of nitrogens with zero attached hydrogens (tertiary/aromatic N) is 3. The number of aryl methyl sites for hydroxylation is 1. The number of carboxylic acid groups (broad SMARTS) is 1. The second-order valence-electron chi connectivity index (χ2n) is 7.78. The van der Waals surface area contributed by atoms with Gasteiger partial charge < -0.3 is 14.7 Å². The van der Waals surface area contributed by atoms with Gasteiger partial charge in [0.25, 0.3) is 0 Å². The smallest absolute Gasteiger partial charge is 0.348 e. The molecule has 2 aromatic heterocycles. The molecule has 0 radical (unpaired) electrons. The molecular weight excluding hydrogens is 434 g/mol. The number of carbonyl (C=O) groups is 1. The van der Waals surface area contributed by atoms with E-state index in [1.165, 1.54) is 16.9 Å². The predicted octanol–water partition coefficient (Wildman–Crippen LogP) is 5.19. The van der Waals surface area contributed by atoms with Gasteiger partial charge in [0, 0.05) is 29.2 Å². The Kier molecular flexibility index (Phi) is 5.65. The average Bonchev–Trinajstić information content (AvgIpc) is 3.16. The van der Waals surface area contributed by atoms with Crippen LogP contribution in [-0.2, 0) is 17.6 Å². The molecule has 0 unspecified atom stereocenters. The lowest BCUT2D eigenvalue weighted by Crippen LogP contribution is -2.35. The molecule has 1 saturated heterocycles. The molecule has 6 nitrogen and oxygen atoms in total. The number of ether oxygens (including phenoxy) is 1. The molecule has 1 N–H and O–H groups in total. The fraction of sp³-hybridized carbons (Fsp3) is 0.348. The van der Waals surface area contributed by atoms with Gasteiger partial charge >= 0.3 is 5.97 Å². The fourth-order valence-electron chi connectivity index (χ4n) is 4.31. The molecule has 0 bridgehead atoms. The Hall–Kier alpha value is -2.48. The van der Waals surface area contributed by atoms with E-state index in [9.17, 15) is 9.90 Å². The molecule has 3 aromatic rings. The number of pyridine rings is 1. The van der Waals surface area contributed by atoms with E-state index < -0.39 is 5.97 Å². The van der Waals surface area contributed by atoms with Crippen molar-refractivity contribution < 1.29 is 14.6 Å². The van der Waals surface area contributed by atoms with Crippen LogP contribution in [0, 0.1) is 0 Å². The van der Waals surface area contributed by atoms with E-state index in [-0.39, 0.29) is 4.88 Å². The summed E-state index contributed by atoms with van der Waals surface area (Å²) in [6, 6.07) is 7.75. The van der Waals surface area contributed by atoms with Crippen LogP contribution < -0.4 is 0 Å². The standard InChI is InChI=1S/C23H22ClN3O3S/c24-15-7-5-14(6-8-15)18-16-3-1-2-4-17(16)26-22-19(18)20(21(31-22)23(28)29)25-13-27-9-11-30-12-10-27/h5-8,13H,1-4,9-12H2,(H,28,29). The number of halogens is 1. The molecule has 0 spiro atoms. The van der Waals surface area contributed by atoms with Crippen LogP contribution in [0.15, 0.2) is 29.3 Å². The van der Waals surface area contributed by atoms with E-state index >= 15 is 0 Å². The van der Waals surface area contributed by atoms with E-state index in [0.29, 0.717) is 23.9 Å². The normalized spacial score (nSPS) is 16.7. The number of morpholine rings is 1. The first-order valence-electron chi connectivity index (χ1n) is 10.5. The molecule has 1 aliphatic carbocycles. The number of fused-ring (bicyclic) bond motifs is 2. The van der Waals surface area contributed by atoms with Gasteiger partial charge in [-0.15, -0.1) is 11.3 Å². The van der Waals surface area contributed by atoms with Gasteiger partial charge in [0.1, 0.15) is 15.4 Å². The van der Waals surface area contributed by atoms with Crippen LogP contribution in [0.5, 0.6) is 0 Å². The number of hydrogen-bond donors (Lipinski definition) is 1. The second-order valence-corrected chi connectivity index (χ2v) is 9.22. The molecular formula is C23H22ClN3O3S. The van der Waals surface area contributed by atoms with Crippen molar-refractivity contribution in [3.63, 3.8) is 0 Å². The van der Waals surface area contributed by atoms with Crippen molar-refractivity contribution in [3.05, 3.63) is 45.4 Å². The summed E-state index contributed by atoms with van der Waals surface area (Å²) >= 11 is 7.36. The number of hydrogen-bond acceptors (Lipinski definition) is 5. The zero-order valence-electron chi connectivity index (χ0n) is 16.9. The highest BCUT2D eigenvalue weighted by atomic mass is 35.5. The van der Waals surface area contributed by atoms with Crippen molar-refractivity contribution in [2.24, 2.45) is 4.99 Å². The predicted molar refractivity (Wildman–Crippen MR) is 124 cm³/mol. The number of rotatable bonds is 4. The third kappa shape index (κ3) is 3.93. The van der Waals surface area contributed by atoms with E-state index in [0.717, 1.165) is 65.8 Å². The van der Waals surface area contributed by atoms with Crippen molar-refractivity contribution >= 4 is 51.1 Å². The molecule has 8 heteroatoms. The van der Waals surface area contributed by atoms with Gasteiger partial charge in [-0.3, -0.25) is 0 Å². The summed E-state index contributed by atoms with van der Waals surface area (Å²) in [5, 5.41) is 11.4. The average molecular weight is 456 g/mol. The number of benzene rings is 1. The highest BCUT2D eigenvalue weighted by Gasteiger charge is 2.26. The maximum Gasteiger partial charge on any atom is 0.348 e. The lowest BCUT2D eigenvalue weighted by Gasteiger charge is -2.24. The van der Waals surface area contributed by atoms with E-state index in [1.807, 2.05) is 24.3 Å². The Morgan fingerprint density at radius 2 is 1.94 bits per heavy atom. The Balaban J connectivity index is 1.76. The van der Waals surface area contributed by atoms with E-state index in [4.69, 9.17) is 26.3 Å². The first-order valence-corrected chi connectivity index (χ1v) is 11.6. The molecule has 0 saturated carbocycles. The minimum absolute atomic E-state index is 0.226. The van der Waals surface area contributed by atoms with Crippen molar-refractivity contribution in [3.8, 4) is 11.1 Å². The van der Waals surface area contributed by atoms with Crippen LogP contribution in [0.3, 0.4) is 0 Å². The van der Waals surface area contributed by atoms with Gasteiger partial charge in [0.15, 0.2) is 0 Å². The SMILES string of the molecule is O=C(O)c1sc2nc3c(c(-c4ccc(Cl)cc4)c2c1N=CN1CCOCC1)CCCC3. The second kappa shape index (κ2) is 8.57. The highest BCUT2D eigenvalue weighted by molar-refractivity contribution is 7.21. The lowest BCUT2D eigenvalue weighted by atomic mass is 9.87. The summed E-state index contributed by atoms with van der Waals surface area (Å²) in [6.07, 6.45) is 5.80. The molecule has 2 aliphatic rings. The Bertz CT molecular complexity index is 1170. The van der Waals surface area contributed by atoms with Crippen LogP contribution in [0.1, 0.15) is 33.8 Å². The van der Waals surface area contributed by atoms with Crippen molar-refractivity contribution in [1.29, 1.82) is 0 Å². The molecule has 1 fully saturated rings. The maximum absolute atomic E-state index is 12.1. The third-order valence-corrected chi connectivity index (χ3v) is 7.13. The maximum atomic E-state index is 12.1. The molecule has 160 valence electrons. The van der Waals surface area contributed by atoms with Gasteiger partial charge in [0.2, 0.25) is 0 Å². The van der Waals surface area contributed by atoms with Crippen molar-refractivity contribution in [2.75, 3.05) is 26.3 Å². The van der Waals surface area contributed by atoms with Crippen molar-refractivity contribution in [2.45, 2.75) is 25.7 Å². The quantitative estimate of drug-likeness (QED) is 0.433. The number of carboxylic acids is 1. The summed E-state index contributed by atoms with van der Waals surface area (Å²) in [7, 11) is 0. The van der Waals surface area contributed by atoms with Gasteiger partial charge in [0.05, 0.1) is 19.6 Å². The summed E-state index contributed by atoms with van der Waals surface area (Å²) in [4.78, 5) is 24.7. The molecule has 5 rings (SSSR count). The molecule has 0 amide bonds. The largest absolute Gasteiger partial charge is 0.477 e. The van der Waals surface area contributed by atoms with Gasteiger partial charge in [-0.1, -0.05) is 23.7 Å². The number of aromatic carboxylic acids is 1. The number of aliphatic imine (C=N–C) groups is 1. The van der Waals surface area contributed by atoms with Crippen LogP contribution in [0.2, 0.25) is 5.02 Å². The molecule has 31 heavy (non-hydrogen) atoms.